The maximum Gasteiger partial charge on any atom is 0.265 e. The normalized spacial score (nSPS) is 20.9. The highest BCUT2D eigenvalue weighted by molar-refractivity contribution is 6.33. The number of hydrogen-bond acceptors (Lipinski definition) is 11. The lowest BCUT2D eigenvalue weighted by atomic mass is 9.82. The molecule has 0 spiro atoms. The molecule has 0 aliphatic carbocycles. The maximum absolute atomic E-state index is 15.3. The van der Waals surface area contributed by atoms with Crippen molar-refractivity contribution in [3.05, 3.63) is 70.1 Å². The standard InChI is InChI=1S/C36H36ClFN8O5/c37-25-17-40-30(16-23(25)27-2-1-3-29(43-27)41-20-36(19-39)8-12-51-13-9-36)42-22-6-10-45(11-7-22)18-21-14-24-32(26(38)15-21)35(50)46(34(24)49)28-4-5-31(47)44-33(28)48/h1-3,14-17,22,28H,4-13,18,20H2,(H,40,42)(H,41,43)(H,44,47,48). The summed E-state index contributed by atoms with van der Waals surface area (Å²) in [6, 6.07) is 11.7. The smallest absolute Gasteiger partial charge is 0.265 e. The molecule has 3 N–H and O–H groups in total. The van der Waals surface area contributed by atoms with Crippen LogP contribution in [0.1, 0.15) is 64.8 Å². The summed E-state index contributed by atoms with van der Waals surface area (Å²) in [7, 11) is 0. The second-order valence-electron chi connectivity index (χ2n) is 13.5. The van der Waals surface area contributed by atoms with E-state index in [4.69, 9.17) is 21.3 Å². The van der Waals surface area contributed by atoms with Gasteiger partial charge in [-0.05, 0) is 68.0 Å². The van der Waals surface area contributed by atoms with E-state index in [0.29, 0.717) is 80.2 Å². The van der Waals surface area contributed by atoms with Crippen molar-refractivity contribution < 1.29 is 28.3 Å². The Balaban J connectivity index is 0.960. The number of anilines is 2. The number of imide groups is 2. The molecule has 13 nitrogen and oxygen atoms in total. The molecular formula is C36H36ClFN8O5. The van der Waals surface area contributed by atoms with Gasteiger partial charge < -0.3 is 15.4 Å². The zero-order valence-corrected chi connectivity index (χ0v) is 28.5. The van der Waals surface area contributed by atoms with E-state index in [1.165, 1.54) is 12.1 Å². The summed E-state index contributed by atoms with van der Waals surface area (Å²) in [5, 5.41) is 19.2. The number of carbonyl (C=O) groups is 4. The van der Waals surface area contributed by atoms with E-state index in [0.717, 1.165) is 23.3 Å². The highest BCUT2D eigenvalue weighted by Gasteiger charge is 2.46. The Morgan fingerprint density at radius 3 is 2.57 bits per heavy atom. The fraction of sp³-hybridized carbons (Fsp3) is 0.417. The van der Waals surface area contributed by atoms with Crippen LogP contribution in [0, 0.1) is 22.6 Å². The van der Waals surface area contributed by atoms with Gasteiger partial charge in [-0.3, -0.25) is 34.3 Å². The van der Waals surface area contributed by atoms with Crippen LogP contribution >= 0.6 is 11.6 Å². The molecular weight excluding hydrogens is 679 g/mol. The number of benzene rings is 1. The average Bonchev–Trinajstić information content (AvgIpc) is 3.38. The first-order valence-electron chi connectivity index (χ1n) is 17.0. The van der Waals surface area contributed by atoms with E-state index in [9.17, 15) is 24.4 Å². The predicted molar refractivity (Wildman–Crippen MR) is 184 cm³/mol. The van der Waals surface area contributed by atoms with Crippen LogP contribution in [-0.4, -0.2) is 88.3 Å². The lowest BCUT2D eigenvalue weighted by Gasteiger charge is -2.32. The molecule has 6 heterocycles. The van der Waals surface area contributed by atoms with Crippen molar-refractivity contribution in [1.82, 2.24) is 25.1 Å². The summed E-state index contributed by atoms with van der Waals surface area (Å²) in [4.78, 5) is 62.4. The van der Waals surface area contributed by atoms with Gasteiger partial charge in [0, 0.05) is 63.6 Å². The topological polar surface area (TPSA) is 170 Å². The number of halogens is 2. The minimum atomic E-state index is -1.15. The third-order valence-corrected chi connectivity index (χ3v) is 10.4. The number of nitrogens with zero attached hydrogens (tertiary/aromatic N) is 5. The van der Waals surface area contributed by atoms with E-state index < -0.39 is 40.9 Å². The van der Waals surface area contributed by atoms with Crippen LogP contribution in [0.2, 0.25) is 5.02 Å². The quantitative estimate of drug-likeness (QED) is 0.272. The molecule has 2 aromatic heterocycles. The number of fused-ring (bicyclic) bond motifs is 1. The number of hydrogen-bond donors (Lipinski definition) is 3. The summed E-state index contributed by atoms with van der Waals surface area (Å²) >= 11 is 6.57. The Bertz CT molecular complexity index is 1940. The Hall–Kier alpha value is -4.97. The molecule has 0 bridgehead atoms. The number of carbonyl (C=O) groups excluding carboxylic acids is 4. The van der Waals surface area contributed by atoms with E-state index in [2.05, 4.69) is 31.9 Å². The van der Waals surface area contributed by atoms with Gasteiger partial charge in [-0.2, -0.15) is 5.26 Å². The van der Waals surface area contributed by atoms with Gasteiger partial charge in [-0.1, -0.05) is 17.7 Å². The Morgan fingerprint density at radius 1 is 1.04 bits per heavy atom. The van der Waals surface area contributed by atoms with Crippen LogP contribution < -0.4 is 16.0 Å². The number of amides is 4. The van der Waals surface area contributed by atoms with Crippen LogP contribution in [0.4, 0.5) is 16.0 Å². The second kappa shape index (κ2) is 14.3. The largest absolute Gasteiger partial charge is 0.381 e. The van der Waals surface area contributed by atoms with Crippen molar-refractivity contribution in [2.75, 3.05) is 43.5 Å². The third kappa shape index (κ3) is 7.14. The Morgan fingerprint density at radius 2 is 1.82 bits per heavy atom. The van der Waals surface area contributed by atoms with Crippen molar-refractivity contribution in [1.29, 1.82) is 5.26 Å². The highest BCUT2D eigenvalue weighted by Crippen LogP contribution is 2.33. The van der Waals surface area contributed by atoms with Gasteiger partial charge in [0.05, 0.1) is 33.3 Å². The fourth-order valence-corrected chi connectivity index (χ4v) is 7.34. The van der Waals surface area contributed by atoms with Crippen molar-refractivity contribution in [3.63, 3.8) is 0 Å². The number of aromatic nitrogens is 2. The molecule has 7 rings (SSSR count). The lowest BCUT2D eigenvalue weighted by Crippen LogP contribution is -2.54. The number of nitrogens with one attached hydrogen (secondary N) is 3. The predicted octanol–water partition coefficient (Wildman–Crippen LogP) is 4.15. The van der Waals surface area contributed by atoms with E-state index in [1.54, 1.807) is 6.20 Å². The van der Waals surface area contributed by atoms with Crippen LogP contribution in [0.5, 0.6) is 0 Å². The molecule has 1 atom stereocenters. The molecule has 3 fully saturated rings. The molecule has 1 unspecified atom stereocenters. The molecule has 51 heavy (non-hydrogen) atoms. The van der Waals surface area contributed by atoms with Gasteiger partial charge >= 0.3 is 0 Å². The Labute approximate surface area is 298 Å². The third-order valence-electron chi connectivity index (χ3n) is 10.1. The number of rotatable bonds is 9. The SMILES string of the molecule is N#CC1(CNc2cccc(-c3cc(NC4CCN(Cc5cc(F)c6c(c5)C(=O)N(C5CCC(=O)NC5=O)C6=O)CC4)ncc3Cl)n2)CCOCC1. The lowest BCUT2D eigenvalue weighted by molar-refractivity contribution is -0.136. The minimum absolute atomic E-state index is 0.00349. The van der Waals surface area contributed by atoms with Gasteiger partial charge in [0.2, 0.25) is 11.8 Å². The maximum atomic E-state index is 15.3. The number of pyridine rings is 2. The van der Waals surface area contributed by atoms with E-state index >= 15 is 4.39 Å². The molecule has 15 heteroatoms. The van der Waals surface area contributed by atoms with E-state index in [-0.39, 0.29) is 30.0 Å². The number of ether oxygens (including phenoxy) is 1. The number of piperidine rings is 2. The van der Waals surface area contributed by atoms with Gasteiger partial charge in [0.1, 0.15) is 23.5 Å². The van der Waals surface area contributed by atoms with Gasteiger partial charge in [-0.15, -0.1) is 0 Å². The first kappa shape index (κ1) is 34.5. The first-order chi connectivity index (χ1) is 24.6. The van der Waals surface area contributed by atoms with Crippen LogP contribution in [0.25, 0.3) is 11.3 Å². The molecule has 0 radical (unpaired) electrons. The van der Waals surface area contributed by atoms with Crippen molar-refractivity contribution >= 4 is 46.9 Å². The number of likely N-dealkylation sites (tertiary alicyclic amines) is 1. The highest BCUT2D eigenvalue weighted by atomic mass is 35.5. The zero-order valence-electron chi connectivity index (χ0n) is 27.7. The molecule has 1 aromatic carbocycles. The van der Waals surface area contributed by atoms with Gasteiger partial charge in [0.15, 0.2) is 0 Å². The Kier molecular flexibility index (Phi) is 9.69. The summed E-state index contributed by atoms with van der Waals surface area (Å²) < 4.78 is 20.7. The summed E-state index contributed by atoms with van der Waals surface area (Å²) in [5.74, 6) is -2.31. The molecule has 4 amide bonds. The summed E-state index contributed by atoms with van der Waals surface area (Å²) in [5.41, 5.74) is 1.04. The van der Waals surface area contributed by atoms with E-state index in [1.807, 2.05) is 24.3 Å². The van der Waals surface area contributed by atoms with Crippen molar-refractivity contribution in [2.24, 2.45) is 5.41 Å². The molecule has 4 aliphatic rings. The van der Waals surface area contributed by atoms with Crippen molar-refractivity contribution in [2.45, 2.75) is 57.2 Å². The summed E-state index contributed by atoms with van der Waals surface area (Å²) in [6.07, 6.45) is 4.48. The fourth-order valence-electron chi connectivity index (χ4n) is 7.14. The van der Waals surface area contributed by atoms with Gasteiger partial charge in [-0.25, -0.2) is 14.4 Å². The monoisotopic (exact) mass is 714 g/mol. The van der Waals surface area contributed by atoms with Crippen LogP contribution in [-0.2, 0) is 20.9 Å². The average molecular weight is 715 g/mol. The molecule has 3 saturated heterocycles. The van der Waals surface area contributed by atoms with Crippen LogP contribution in [0.3, 0.4) is 0 Å². The molecule has 264 valence electrons. The van der Waals surface area contributed by atoms with Crippen molar-refractivity contribution in [3.8, 4) is 17.3 Å². The van der Waals surface area contributed by atoms with Gasteiger partial charge in [0.25, 0.3) is 11.8 Å². The second-order valence-corrected chi connectivity index (χ2v) is 13.9. The zero-order chi connectivity index (χ0) is 35.7. The van der Waals surface area contributed by atoms with Crippen LogP contribution in [0.15, 0.2) is 42.6 Å². The molecule has 4 aliphatic heterocycles. The molecule has 3 aromatic rings. The molecule has 0 saturated carbocycles. The summed E-state index contributed by atoms with van der Waals surface area (Å²) in [6.45, 7) is 3.37. The first-order valence-corrected chi connectivity index (χ1v) is 17.4. The minimum Gasteiger partial charge on any atom is -0.381 e. The number of nitriles is 1.